The molecule has 0 aliphatic carbocycles. The van der Waals surface area contributed by atoms with Gasteiger partial charge in [-0.05, 0) is 31.0 Å². The maximum Gasteiger partial charge on any atom is 0.214 e. The van der Waals surface area contributed by atoms with Crippen molar-refractivity contribution in [3.8, 4) is 5.75 Å². The zero-order chi connectivity index (χ0) is 13.9. The number of anilines is 1. The molecule has 0 saturated heterocycles. The van der Waals surface area contributed by atoms with Gasteiger partial charge >= 0.3 is 0 Å². The molecule has 3 aromatic rings. The van der Waals surface area contributed by atoms with E-state index in [4.69, 9.17) is 4.74 Å². The fraction of sp³-hybridized carbons (Fsp3) is 0.286. The van der Waals surface area contributed by atoms with Gasteiger partial charge in [-0.1, -0.05) is 23.5 Å². The lowest BCUT2D eigenvalue weighted by molar-refractivity contribution is 0.414. The number of ether oxygens (including phenoxy) is 1. The predicted octanol–water partition coefficient (Wildman–Crippen LogP) is 2.76. The molecule has 0 fully saturated rings. The number of rotatable bonds is 5. The number of nitrogens with zero attached hydrogens (tertiary/aromatic N) is 3. The lowest BCUT2D eigenvalue weighted by Crippen LogP contribution is -2.04. The first kappa shape index (κ1) is 12.9. The number of imidazole rings is 1. The molecular weight excluding hydrogens is 272 g/mol. The van der Waals surface area contributed by atoms with E-state index in [9.17, 15) is 0 Å². The van der Waals surface area contributed by atoms with E-state index in [0.29, 0.717) is 0 Å². The number of fused-ring (bicyclic) bond motifs is 1. The second kappa shape index (κ2) is 5.50. The van der Waals surface area contributed by atoms with Crippen LogP contribution in [0, 0.1) is 6.92 Å². The number of hydrogen-bond acceptors (Lipinski definition) is 5. The lowest BCUT2D eigenvalue weighted by atomic mass is 10.1. The monoisotopic (exact) mass is 288 g/mol. The van der Waals surface area contributed by atoms with Crippen LogP contribution in [0.15, 0.2) is 30.5 Å². The van der Waals surface area contributed by atoms with E-state index in [1.165, 1.54) is 5.56 Å². The van der Waals surface area contributed by atoms with Crippen molar-refractivity contribution in [2.24, 2.45) is 0 Å². The molecule has 3 rings (SSSR count). The summed E-state index contributed by atoms with van der Waals surface area (Å²) in [4.78, 5) is 5.31. The molecule has 0 radical (unpaired) electrons. The molecule has 0 unspecified atom stereocenters. The minimum absolute atomic E-state index is 0.849. The molecule has 6 heteroatoms. The third-order valence-electron chi connectivity index (χ3n) is 3.01. The lowest BCUT2D eigenvalue weighted by Gasteiger charge is -2.04. The Labute approximate surface area is 121 Å². The van der Waals surface area contributed by atoms with Crippen molar-refractivity contribution < 1.29 is 4.74 Å². The van der Waals surface area contributed by atoms with Crippen LogP contribution < -0.4 is 10.1 Å². The van der Waals surface area contributed by atoms with Gasteiger partial charge in [0.1, 0.15) is 5.75 Å². The summed E-state index contributed by atoms with van der Waals surface area (Å²) in [6, 6.07) is 8.13. The van der Waals surface area contributed by atoms with Crippen LogP contribution in [0.3, 0.4) is 0 Å². The van der Waals surface area contributed by atoms with Crippen molar-refractivity contribution in [2.75, 3.05) is 19.0 Å². The van der Waals surface area contributed by atoms with Crippen molar-refractivity contribution in [3.63, 3.8) is 0 Å². The normalized spacial score (nSPS) is 10.9. The summed E-state index contributed by atoms with van der Waals surface area (Å²) in [7, 11) is 1.68. The number of benzene rings is 1. The van der Waals surface area contributed by atoms with Gasteiger partial charge in [0.05, 0.1) is 19.0 Å². The summed E-state index contributed by atoms with van der Waals surface area (Å²) < 4.78 is 6.96. The van der Waals surface area contributed by atoms with Crippen LogP contribution in [-0.4, -0.2) is 28.3 Å². The first-order chi connectivity index (χ1) is 9.74. The predicted molar refractivity (Wildman–Crippen MR) is 80.8 cm³/mol. The number of nitrogens with one attached hydrogen (secondary N) is 1. The molecule has 2 aromatic heterocycles. The van der Waals surface area contributed by atoms with Gasteiger partial charge < -0.3 is 10.1 Å². The molecule has 1 N–H and O–H groups in total. The average molecular weight is 288 g/mol. The molecule has 20 heavy (non-hydrogen) atoms. The summed E-state index contributed by atoms with van der Waals surface area (Å²) in [5.74, 6) is 0.887. The van der Waals surface area contributed by atoms with E-state index in [2.05, 4.69) is 27.5 Å². The van der Waals surface area contributed by atoms with Gasteiger partial charge in [0, 0.05) is 6.54 Å². The van der Waals surface area contributed by atoms with E-state index in [1.807, 2.05) is 29.8 Å². The largest absolute Gasteiger partial charge is 0.497 e. The zero-order valence-corrected chi connectivity index (χ0v) is 12.3. The fourth-order valence-electron chi connectivity index (χ4n) is 1.99. The van der Waals surface area contributed by atoms with Gasteiger partial charge in [0.2, 0.25) is 10.1 Å². The van der Waals surface area contributed by atoms with Crippen LogP contribution in [0.2, 0.25) is 0 Å². The topological polar surface area (TPSA) is 51.5 Å². The third kappa shape index (κ3) is 2.75. The van der Waals surface area contributed by atoms with Crippen molar-refractivity contribution in [1.82, 2.24) is 14.6 Å². The Morgan fingerprint density at radius 1 is 1.30 bits per heavy atom. The Bertz CT molecular complexity index is 670. The van der Waals surface area contributed by atoms with Crippen LogP contribution in [0.5, 0.6) is 5.75 Å². The average Bonchev–Trinajstić information content (AvgIpc) is 2.96. The quantitative estimate of drug-likeness (QED) is 0.784. The Balaban J connectivity index is 1.57. The molecule has 0 bridgehead atoms. The van der Waals surface area contributed by atoms with Crippen LogP contribution in [0.25, 0.3) is 4.96 Å². The van der Waals surface area contributed by atoms with Crippen LogP contribution in [-0.2, 0) is 6.42 Å². The molecule has 5 nitrogen and oxygen atoms in total. The highest BCUT2D eigenvalue weighted by Gasteiger charge is 2.05. The third-order valence-corrected chi connectivity index (χ3v) is 3.89. The van der Waals surface area contributed by atoms with E-state index in [1.54, 1.807) is 18.4 Å². The summed E-state index contributed by atoms with van der Waals surface area (Å²) in [6.45, 7) is 2.82. The Morgan fingerprint density at radius 3 is 2.80 bits per heavy atom. The standard InChI is InChI=1S/C14H16N4OS/c1-10-9-18-14(16-10)20-13(17-18)15-8-7-11-3-5-12(19-2)6-4-11/h3-6,9H,7-8H2,1-2H3,(H,15,17). The highest BCUT2D eigenvalue weighted by Crippen LogP contribution is 2.19. The maximum atomic E-state index is 5.14. The Morgan fingerprint density at radius 2 is 2.10 bits per heavy atom. The number of aryl methyl sites for hydroxylation is 1. The SMILES string of the molecule is COc1ccc(CCNc2nn3cc(C)nc3s2)cc1. The van der Waals surface area contributed by atoms with Crippen molar-refractivity contribution in [1.29, 1.82) is 0 Å². The van der Waals surface area contributed by atoms with E-state index < -0.39 is 0 Å². The second-order valence-electron chi connectivity index (χ2n) is 4.54. The molecule has 0 spiro atoms. The van der Waals surface area contributed by atoms with Crippen LogP contribution >= 0.6 is 11.3 Å². The number of hydrogen-bond donors (Lipinski definition) is 1. The van der Waals surface area contributed by atoms with Gasteiger partial charge in [-0.25, -0.2) is 9.50 Å². The van der Waals surface area contributed by atoms with E-state index in [0.717, 1.165) is 34.5 Å². The van der Waals surface area contributed by atoms with Gasteiger partial charge in [-0.2, -0.15) is 0 Å². The van der Waals surface area contributed by atoms with Gasteiger partial charge in [0.15, 0.2) is 0 Å². The first-order valence-electron chi connectivity index (χ1n) is 6.44. The van der Waals surface area contributed by atoms with Gasteiger partial charge in [0.25, 0.3) is 0 Å². The van der Waals surface area contributed by atoms with Gasteiger partial charge in [-0.3, -0.25) is 0 Å². The first-order valence-corrected chi connectivity index (χ1v) is 7.26. The molecule has 0 amide bonds. The molecule has 0 saturated carbocycles. The molecule has 0 aliphatic heterocycles. The molecule has 0 atom stereocenters. The van der Waals surface area contributed by atoms with Crippen molar-refractivity contribution in [2.45, 2.75) is 13.3 Å². The summed E-state index contributed by atoms with van der Waals surface area (Å²) >= 11 is 1.57. The molecule has 1 aromatic carbocycles. The number of methoxy groups -OCH3 is 1. The second-order valence-corrected chi connectivity index (χ2v) is 5.50. The Hall–Kier alpha value is -2.08. The zero-order valence-electron chi connectivity index (χ0n) is 11.5. The summed E-state index contributed by atoms with van der Waals surface area (Å²) in [5, 5.41) is 8.67. The fourth-order valence-corrected chi connectivity index (χ4v) is 2.84. The van der Waals surface area contributed by atoms with E-state index >= 15 is 0 Å². The molecule has 2 heterocycles. The Kier molecular flexibility index (Phi) is 3.56. The highest BCUT2D eigenvalue weighted by atomic mass is 32.1. The molecule has 104 valence electrons. The minimum Gasteiger partial charge on any atom is -0.497 e. The highest BCUT2D eigenvalue weighted by molar-refractivity contribution is 7.20. The summed E-state index contributed by atoms with van der Waals surface area (Å²) in [6.07, 6.45) is 2.88. The maximum absolute atomic E-state index is 5.14. The van der Waals surface area contributed by atoms with E-state index in [-0.39, 0.29) is 0 Å². The van der Waals surface area contributed by atoms with Crippen LogP contribution in [0.1, 0.15) is 11.3 Å². The smallest absolute Gasteiger partial charge is 0.214 e. The molecular formula is C14H16N4OS. The van der Waals surface area contributed by atoms with Crippen molar-refractivity contribution >= 4 is 21.4 Å². The van der Waals surface area contributed by atoms with Crippen molar-refractivity contribution in [3.05, 3.63) is 41.7 Å². The molecule has 0 aliphatic rings. The number of aromatic nitrogens is 3. The minimum atomic E-state index is 0.849. The summed E-state index contributed by atoms with van der Waals surface area (Å²) in [5.41, 5.74) is 2.27. The van der Waals surface area contributed by atoms with Crippen LogP contribution in [0.4, 0.5) is 5.13 Å². The van der Waals surface area contributed by atoms with Gasteiger partial charge in [-0.15, -0.1) is 5.10 Å².